The maximum Gasteiger partial charge on any atom is 0.310 e. The summed E-state index contributed by atoms with van der Waals surface area (Å²) in [7, 11) is 0. The largest absolute Gasteiger partial charge is 0.481 e. The number of aromatic nitrogens is 2. The van der Waals surface area contributed by atoms with E-state index in [2.05, 4.69) is 10.1 Å². The number of anilines is 1. The first-order valence-electron chi connectivity index (χ1n) is 7.00. The maximum absolute atomic E-state index is 11.5. The van der Waals surface area contributed by atoms with Gasteiger partial charge in [0.05, 0.1) is 18.6 Å². The molecular weight excluding hydrogens is 262 g/mol. The number of carboxylic acid groups (broad SMARTS) is 1. The lowest BCUT2D eigenvalue weighted by molar-refractivity contribution is -0.149. The highest BCUT2D eigenvalue weighted by Gasteiger charge is 2.37. The normalized spacial score (nSPS) is 16.4. The van der Waals surface area contributed by atoms with Crippen molar-refractivity contribution in [3.8, 4) is 0 Å². The van der Waals surface area contributed by atoms with E-state index in [1.54, 1.807) is 0 Å². The van der Waals surface area contributed by atoms with Gasteiger partial charge in [-0.1, -0.05) is 13.8 Å². The van der Waals surface area contributed by atoms with Gasteiger partial charge in [-0.05, 0) is 18.0 Å². The minimum atomic E-state index is -0.825. The van der Waals surface area contributed by atoms with Crippen molar-refractivity contribution in [1.82, 2.24) is 10.1 Å². The molecular formula is C13H21N3O4. The van der Waals surface area contributed by atoms with E-state index >= 15 is 0 Å². The third kappa shape index (κ3) is 2.92. The van der Waals surface area contributed by atoms with E-state index in [0.29, 0.717) is 37.9 Å². The molecule has 0 radical (unpaired) electrons. The minimum absolute atomic E-state index is 0.271. The molecule has 1 aliphatic heterocycles. The van der Waals surface area contributed by atoms with Crippen LogP contribution in [0.4, 0.5) is 5.95 Å². The van der Waals surface area contributed by atoms with Crippen LogP contribution in [-0.2, 0) is 16.0 Å². The van der Waals surface area contributed by atoms with Gasteiger partial charge in [-0.3, -0.25) is 4.79 Å². The van der Waals surface area contributed by atoms with E-state index < -0.39 is 11.4 Å². The zero-order valence-corrected chi connectivity index (χ0v) is 12.0. The lowest BCUT2D eigenvalue weighted by Gasteiger charge is -2.25. The fourth-order valence-corrected chi connectivity index (χ4v) is 2.38. The Balaban J connectivity index is 2.10. The highest BCUT2D eigenvalue weighted by atomic mass is 16.5. The maximum atomic E-state index is 11.5. The molecule has 7 nitrogen and oxygen atoms in total. The number of aliphatic carboxylic acids is 1. The van der Waals surface area contributed by atoms with Crippen molar-refractivity contribution < 1.29 is 19.2 Å². The molecule has 1 saturated heterocycles. The number of hydrogen-bond acceptors (Lipinski definition) is 6. The molecule has 1 aromatic rings. The number of nitrogens with zero attached hydrogens (tertiary/aromatic N) is 3. The Kier molecular flexibility index (Phi) is 4.59. The summed E-state index contributed by atoms with van der Waals surface area (Å²) in [5, 5.41) is 13.4. The van der Waals surface area contributed by atoms with E-state index in [0.717, 1.165) is 13.1 Å². The quantitative estimate of drug-likeness (QED) is 0.842. The predicted molar refractivity (Wildman–Crippen MR) is 71.7 cm³/mol. The molecule has 1 fully saturated rings. The Hall–Kier alpha value is -1.63. The van der Waals surface area contributed by atoms with Crippen LogP contribution in [0.5, 0.6) is 0 Å². The molecule has 0 spiro atoms. The van der Waals surface area contributed by atoms with E-state index in [1.807, 2.05) is 18.7 Å². The monoisotopic (exact) mass is 283 g/mol. The van der Waals surface area contributed by atoms with Gasteiger partial charge in [-0.25, -0.2) is 0 Å². The predicted octanol–water partition coefficient (Wildman–Crippen LogP) is 1.34. The SMILES string of the molecule is CCC(CC)(Cc1nc(N2CCOCC2)no1)C(=O)O. The molecule has 1 N–H and O–H groups in total. The first kappa shape index (κ1) is 14.8. The van der Waals surface area contributed by atoms with Crippen molar-refractivity contribution in [3.63, 3.8) is 0 Å². The van der Waals surface area contributed by atoms with E-state index in [1.165, 1.54) is 0 Å². The molecule has 7 heteroatoms. The van der Waals surface area contributed by atoms with E-state index in [4.69, 9.17) is 9.26 Å². The molecule has 0 amide bonds. The van der Waals surface area contributed by atoms with Crippen molar-refractivity contribution in [3.05, 3.63) is 5.89 Å². The van der Waals surface area contributed by atoms with Crippen LogP contribution in [0.3, 0.4) is 0 Å². The average Bonchev–Trinajstić information content (AvgIpc) is 2.94. The van der Waals surface area contributed by atoms with Crippen LogP contribution in [0.25, 0.3) is 0 Å². The summed E-state index contributed by atoms with van der Waals surface area (Å²) in [5.74, 6) is 0.0982. The van der Waals surface area contributed by atoms with Gasteiger partial charge in [0.2, 0.25) is 5.89 Å². The van der Waals surface area contributed by atoms with Crippen LogP contribution in [0, 0.1) is 5.41 Å². The topological polar surface area (TPSA) is 88.7 Å². The summed E-state index contributed by atoms with van der Waals surface area (Å²) in [6.07, 6.45) is 1.34. The molecule has 0 aliphatic carbocycles. The van der Waals surface area contributed by atoms with Crippen molar-refractivity contribution in [2.24, 2.45) is 5.41 Å². The highest BCUT2D eigenvalue weighted by molar-refractivity contribution is 5.74. The average molecular weight is 283 g/mol. The second kappa shape index (κ2) is 6.21. The molecule has 20 heavy (non-hydrogen) atoms. The van der Waals surface area contributed by atoms with Gasteiger partial charge in [0.25, 0.3) is 5.95 Å². The van der Waals surface area contributed by atoms with Gasteiger partial charge in [0.1, 0.15) is 0 Å². The van der Waals surface area contributed by atoms with Gasteiger partial charge in [-0.15, -0.1) is 0 Å². The molecule has 1 aromatic heterocycles. The summed E-state index contributed by atoms with van der Waals surface area (Å²) < 4.78 is 10.5. The number of ether oxygens (including phenoxy) is 1. The highest BCUT2D eigenvalue weighted by Crippen LogP contribution is 2.31. The minimum Gasteiger partial charge on any atom is -0.481 e. The Morgan fingerprint density at radius 3 is 2.55 bits per heavy atom. The van der Waals surface area contributed by atoms with E-state index in [9.17, 15) is 9.90 Å². The lowest BCUT2D eigenvalue weighted by Crippen LogP contribution is -2.37. The van der Waals surface area contributed by atoms with Crippen LogP contribution in [-0.4, -0.2) is 47.5 Å². The van der Waals surface area contributed by atoms with Gasteiger partial charge in [-0.2, -0.15) is 4.98 Å². The standard InChI is InChI=1S/C13H21N3O4/c1-3-13(4-2,11(17)18)9-10-14-12(15-20-10)16-5-7-19-8-6-16/h3-9H2,1-2H3,(H,17,18). The number of hydrogen-bond donors (Lipinski definition) is 1. The molecule has 0 saturated carbocycles. The molecule has 2 heterocycles. The summed E-state index contributed by atoms with van der Waals surface area (Å²) in [6, 6.07) is 0. The molecule has 0 unspecified atom stereocenters. The Morgan fingerprint density at radius 2 is 2.00 bits per heavy atom. The zero-order valence-electron chi connectivity index (χ0n) is 12.0. The van der Waals surface area contributed by atoms with Gasteiger partial charge in [0.15, 0.2) is 0 Å². The number of morpholine rings is 1. The molecule has 0 atom stereocenters. The Labute approximate surface area is 117 Å². The molecule has 1 aliphatic rings. The van der Waals surface area contributed by atoms with Crippen molar-refractivity contribution in [2.75, 3.05) is 31.2 Å². The fraction of sp³-hybridized carbons (Fsp3) is 0.769. The second-order valence-corrected chi connectivity index (χ2v) is 5.06. The first-order valence-corrected chi connectivity index (χ1v) is 7.00. The molecule has 112 valence electrons. The van der Waals surface area contributed by atoms with Gasteiger partial charge < -0.3 is 19.3 Å². The first-order chi connectivity index (χ1) is 9.61. The van der Waals surface area contributed by atoms with Crippen LogP contribution in [0.15, 0.2) is 4.52 Å². The van der Waals surface area contributed by atoms with Crippen LogP contribution in [0.2, 0.25) is 0 Å². The zero-order chi connectivity index (χ0) is 14.6. The lowest BCUT2D eigenvalue weighted by atomic mass is 9.79. The van der Waals surface area contributed by atoms with Crippen molar-refractivity contribution in [1.29, 1.82) is 0 Å². The number of rotatable bonds is 6. The summed E-state index contributed by atoms with van der Waals surface area (Å²) >= 11 is 0. The third-order valence-electron chi connectivity index (χ3n) is 4.05. The number of carboxylic acids is 1. The summed E-state index contributed by atoms with van der Waals surface area (Å²) in [6.45, 7) is 6.49. The number of carbonyl (C=O) groups is 1. The molecule has 2 rings (SSSR count). The molecule has 0 bridgehead atoms. The fourth-order valence-electron chi connectivity index (χ4n) is 2.38. The van der Waals surface area contributed by atoms with Crippen molar-refractivity contribution in [2.45, 2.75) is 33.1 Å². The van der Waals surface area contributed by atoms with E-state index in [-0.39, 0.29) is 6.42 Å². The third-order valence-corrected chi connectivity index (χ3v) is 4.05. The van der Waals surface area contributed by atoms with Crippen LogP contribution < -0.4 is 4.90 Å². The Bertz CT molecular complexity index is 450. The smallest absolute Gasteiger partial charge is 0.310 e. The van der Waals surface area contributed by atoms with Crippen LogP contribution in [0.1, 0.15) is 32.6 Å². The van der Waals surface area contributed by atoms with Crippen LogP contribution >= 0.6 is 0 Å². The van der Waals surface area contributed by atoms with Gasteiger partial charge in [0, 0.05) is 19.5 Å². The summed E-state index contributed by atoms with van der Waals surface area (Å²) in [4.78, 5) is 17.8. The Morgan fingerprint density at radius 1 is 1.35 bits per heavy atom. The van der Waals surface area contributed by atoms with Gasteiger partial charge >= 0.3 is 5.97 Å². The second-order valence-electron chi connectivity index (χ2n) is 5.06. The summed E-state index contributed by atoms with van der Waals surface area (Å²) in [5.41, 5.74) is -0.825. The van der Waals surface area contributed by atoms with Crippen molar-refractivity contribution >= 4 is 11.9 Å². The molecule has 0 aromatic carbocycles.